The van der Waals surface area contributed by atoms with E-state index < -0.39 is 0 Å². The van der Waals surface area contributed by atoms with Crippen LogP contribution < -0.4 is 4.90 Å². The lowest BCUT2D eigenvalue weighted by Crippen LogP contribution is -2.24. The molecule has 3 aromatic rings. The van der Waals surface area contributed by atoms with Gasteiger partial charge in [-0.1, -0.05) is 31.2 Å². The first-order valence-electron chi connectivity index (χ1n) is 10.6. The monoisotopic (exact) mass is 390 g/mol. The van der Waals surface area contributed by atoms with Crippen molar-refractivity contribution in [2.45, 2.75) is 38.6 Å². The SMILES string of the molecule is CCc1ccc(N2CC(c3nc4ccccc4n3CCCN(C)C)CC2=O)cc1. The van der Waals surface area contributed by atoms with Crippen molar-refractivity contribution in [2.24, 2.45) is 0 Å². The van der Waals surface area contributed by atoms with Crippen LogP contribution in [0, 0.1) is 0 Å². The zero-order chi connectivity index (χ0) is 20.4. The molecule has 1 fully saturated rings. The van der Waals surface area contributed by atoms with Crippen molar-refractivity contribution in [3.05, 3.63) is 59.9 Å². The molecule has 1 atom stereocenters. The van der Waals surface area contributed by atoms with Crippen LogP contribution in [0.2, 0.25) is 0 Å². The van der Waals surface area contributed by atoms with Crippen LogP contribution in [-0.4, -0.2) is 47.5 Å². The van der Waals surface area contributed by atoms with Gasteiger partial charge in [0.1, 0.15) is 5.82 Å². The Morgan fingerprint density at radius 3 is 2.59 bits per heavy atom. The summed E-state index contributed by atoms with van der Waals surface area (Å²) in [5.74, 6) is 1.36. The number of benzene rings is 2. The van der Waals surface area contributed by atoms with E-state index in [0.29, 0.717) is 13.0 Å². The van der Waals surface area contributed by atoms with Gasteiger partial charge in [-0.25, -0.2) is 4.98 Å². The zero-order valence-electron chi connectivity index (χ0n) is 17.6. The minimum Gasteiger partial charge on any atom is -0.328 e. The number of rotatable bonds is 7. The van der Waals surface area contributed by atoms with Crippen LogP contribution in [0.1, 0.15) is 37.1 Å². The van der Waals surface area contributed by atoms with Gasteiger partial charge in [-0.2, -0.15) is 0 Å². The number of carbonyl (C=O) groups is 1. The summed E-state index contributed by atoms with van der Waals surface area (Å²) < 4.78 is 2.33. The van der Waals surface area contributed by atoms with Gasteiger partial charge in [0.05, 0.1) is 11.0 Å². The highest BCUT2D eigenvalue weighted by molar-refractivity contribution is 5.96. The number of aryl methyl sites for hydroxylation is 2. The number of anilines is 1. The lowest BCUT2D eigenvalue weighted by atomic mass is 10.1. The van der Waals surface area contributed by atoms with Gasteiger partial charge < -0.3 is 14.4 Å². The standard InChI is InChI=1S/C24H30N4O/c1-4-18-10-12-20(13-11-18)28-17-19(16-23(28)29)24-25-21-8-5-6-9-22(21)27(24)15-7-14-26(2)3/h5-6,8-13,19H,4,7,14-17H2,1-3H3. The smallest absolute Gasteiger partial charge is 0.227 e. The second-order valence-electron chi connectivity index (χ2n) is 8.19. The molecule has 152 valence electrons. The molecule has 0 bridgehead atoms. The van der Waals surface area contributed by atoms with Gasteiger partial charge in [0, 0.05) is 31.1 Å². The fourth-order valence-corrected chi connectivity index (χ4v) is 4.23. The van der Waals surface area contributed by atoms with Gasteiger partial charge in [-0.15, -0.1) is 0 Å². The number of carbonyl (C=O) groups excluding carboxylic acids is 1. The molecule has 0 spiro atoms. The average Bonchev–Trinajstić information content (AvgIpc) is 3.28. The van der Waals surface area contributed by atoms with Crippen LogP contribution in [0.3, 0.4) is 0 Å². The van der Waals surface area contributed by atoms with E-state index in [9.17, 15) is 4.79 Å². The number of fused-ring (bicyclic) bond motifs is 1. The summed E-state index contributed by atoms with van der Waals surface area (Å²) in [4.78, 5) is 21.9. The number of hydrogen-bond acceptors (Lipinski definition) is 3. The Labute approximate surface area is 172 Å². The maximum absolute atomic E-state index is 12.8. The van der Waals surface area contributed by atoms with Gasteiger partial charge in [-0.3, -0.25) is 4.79 Å². The highest BCUT2D eigenvalue weighted by Gasteiger charge is 2.34. The molecule has 29 heavy (non-hydrogen) atoms. The van der Waals surface area contributed by atoms with E-state index in [2.05, 4.69) is 73.0 Å². The summed E-state index contributed by atoms with van der Waals surface area (Å²) in [5, 5.41) is 0. The lowest BCUT2D eigenvalue weighted by molar-refractivity contribution is -0.117. The number of hydrogen-bond donors (Lipinski definition) is 0. The van der Waals surface area contributed by atoms with Crippen LogP contribution in [0.4, 0.5) is 5.69 Å². The Morgan fingerprint density at radius 1 is 1.10 bits per heavy atom. The van der Waals surface area contributed by atoms with Crippen molar-refractivity contribution in [3.63, 3.8) is 0 Å². The molecule has 5 heteroatoms. The molecule has 1 saturated heterocycles. The van der Waals surface area contributed by atoms with E-state index in [4.69, 9.17) is 4.98 Å². The Morgan fingerprint density at radius 2 is 1.86 bits per heavy atom. The number of imidazole rings is 1. The van der Waals surface area contributed by atoms with Gasteiger partial charge in [0.25, 0.3) is 0 Å². The van der Waals surface area contributed by atoms with E-state index in [1.165, 1.54) is 11.1 Å². The second-order valence-corrected chi connectivity index (χ2v) is 8.19. The Balaban J connectivity index is 1.61. The predicted octanol–water partition coefficient (Wildman–Crippen LogP) is 4.07. The third-order valence-electron chi connectivity index (χ3n) is 5.82. The van der Waals surface area contributed by atoms with Crippen molar-refractivity contribution in [2.75, 3.05) is 32.1 Å². The minimum atomic E-state index is 0.125. The zero-order valence-corrected chi connectivity index (χ0v) is 17.6. The Kier molecular flexibility index (Phi) is 5.67. The van der Waals surface area contributed by atoms with Crippen LogP contribution in [0.25, 0.3) is 11.0 Å². The molecule has 2 heterocycles. The highest BCUT2D eigenvalue weighted by atomic mass is 16.2. The van der Waals surface area contributed by atoms with E-state index in [1.807, 2.05) is 11.0 Å². The topological polar surface area (TPSA) is 41.4 Å². The molecule has 0 radical (unpaired) electrons. The number of aromatic nitrogens is 2. The third kappa shape index (κ3) is 4.06. The predicted molar refractivity (Wildman–Crippen MR) is 118 cm³/mol. The lowest BCUT2D eigenvalue weighted by Gasteiger charge is -2.18. The molecule has 1 amide bonds. The van der Waals surface area contributed by atoms with Crippen LogP contribution >= 0.6 is 0 Å². The van der Waals surface area contributed by atoms with Crippen LogP contribution in [-0.2, 0) is 17.8 Å². The Hall–Kier alpha value is -2.66. The molecule has 1 unspecified atom stereocenters. The summed E-state index contributed by atoms with van der Waals surface area (Å²) in [6.45, 7) is 4.80. The second kappa shape index (κ2) is 8.37. The van der Waals surface area contributed by atoms with E-state index in [0.717, 1.165) is 43.0 Å². The number of para-hydroxylation sites is 2. The first-order valence-corrected chi connectivity index (χ1v) is 10.6. The third-order valence-corrected chi connectivity index (χ3v) is 5.82. The van der Waals surface area contributed by atoms with Gasteiger partial charge in [-0.05, 0) is 63.3 Å². The molecule has 1 aromatic heterocycles. The summed E-state index contributed by atoms with van der Waals surface area (Å²) in [6.07, 6.45) is 2.59. The van der Waals surface area contributed by atoms with Crippen molar-refractivity contribution >= 4 is 22.6 Å². The number of nitrogens with zero attached hydrogens (tertiary/aromatic N) is 4. The van der Waals surface area contributed by atoms with Gasteiger partial charge in [0.2, 0.25) is 5.91 Å². The summed E-state index contributed by atoms with van der Waals surface area (Å²) in [7, 11) is 4.20. The molecule has 1 aliphatic rings. The molecule has 2 aromatic carbocycles. The van der Waals surface area contributed by atoms with Crippen molar-refractivity contribution in [1.82, 2.24) is 14.5 Å². The maximum atomic E-state index is 12.8. The largest absolute Gasteiger partial charge is 0.328 e. The fraction of sp³-hybridized carbons (Fsp3) is 0.417. The van der Waals surface area contributed by atoms with Crippen molar-refractivity contribution < 1.29 is 4.79 Å². The summed E-state index contributed by atoms with van der Waals surface area (Å²) in [6, 6.07) is 16.7. The quantitative estimate of drug-likeness (QED) is 0.611. The first-order chi connectivity index (χ1) is 14.1. The van der Waals surface area contributed by atoms with Crippen molar-refractivity contribution in [3.8, 4) is 0 Å². The molecule has 0 aliphatic carbocycles. The highest BCUT2D eigenvalue weighted by Crippen LogP contribution is 2.33. The van der Waals surface area contributed by atoms with E-state index in [-0.39, 0.29) is 11.8 Å². The molecule has 5 nitrogen and oxygen atoms in total. The maximum Gasteiger partial charge on any atom is 0.227 e. The van der Waals surface area contributed by atoms with E-state index >= 15 is 0 Å². The van der Waals surface area contributed by atoms with Crippen molar-refractivity contribution in [1.29, 1.82) is 0 Å². The average molecular weight is 391 g/mol. The number of amides is 1. The first kappa shape index (κ1) is 19.6. The molecular weight excluding hydrogens is 360 g/mol. The Bertz CT molecular complexity index is 990. The molecule has 1 aliphatic heterocycles. The fourth-order valence-electron chi connectivity index (χ4n) is 4.23. The van der Waals surface area contributed by atoms with Crippen LogP contribution in [0.5, 0.6) is 0 Å². The summed E-state index contributed by atoms with van der Waals surface area (Å²) >= 11 is 0. The molecule has 0 saturated carbocycles. The molecule has 0 N–H and O–H groups in total. The van der Waals surface area contributed by atoms with E-state index in [1.54, 1.807) is 0 Å². The van der Waals surface area contributed by atoms with Gasteiger partial charge >= 0.3 is 0 Å². The molecular formula is C24H30N4O. The van der Waals surface area contributed by atoms with Gasteiger partial charge in [0.15, 0.2) is 0 Å². The summed E-state index contributed by atoms with van der Waals surface area (Å²) in [5.41, 5.74) is 4.47. The minimum absolute atomic E-state index is 0.125. The normalized spacial score (nSPS) is 17.0. The van der Waals surface area contributed by atoms with Crippen LogP contribution in [0.15, 0.2) is 48.5 Å². The molecule has 4 rings (SSSR count).